The molecule has 3 nitrogen and oxygen atoms in total. The quantitative estimate of drug-likeness (QED) is 0.875. The minimum atomic E-state index is -0.656. The maximum atomic E-state index is 13.3. The van der Waals surface area contributed by atoms with Crippen LogP contribution in [0.5, 0.6) is 0 Å². The van der Waals surface area contributed by atoms with E-state index in [2.05, 4.69) is 4.90 Å². The van der Waals surface area contributed by atoms with Crippen LogP contribution in [-0.4, -0.2) is 30.4 Å². The maximum Gasteiger partial charge on any atom is 0.123 e. The number of nitrogens with zero attached hydrogens (tertiary/aromatic N) is 1. The number of fused-ring (bicyclic) bond motifs is 2. The minimum absolute atomic E-state index is 0.288. The molecule has 2 bridgehead atoms. The summed E-state index contributed by atoms with van der Waals surface area (Å²) in [6.07, 6.45) is 2.13. The first-order chi connectivity index (χ1) is 8.63. The zero-order chi connectivity index (χ0) is 12.7. The SMILES string of the molecule is C[C@H](O)c1cc(F)ccc1N1CC2CCC(C1)O2. The van der Waals surface area contributed by atoms with Crippen LogP contribution in [0.15, 0.2) is 18.2 Å². The van der Waals surface area contributed by atoms with Gasteiger partial charge in [-0.25, -0.2) is 4.39 Å². The van der Waals surface area contributed by atoms with E-state index in [1.54, 1.807) is 13.0 Å². The minimum Gasteiger partial charge on any atom is -0.389 e. The lowest BCUT2D eigenvalue weighted by atomic mass is 10.1. The average Bonchev–Trinajstić information content (AvgIpc) is 2.68. The molecule has 1 aromatic rings. The molecule has 2 unspecified atom stereocenters. The highest BCUT2D eigenvalue weighted by Crippen LogP contribution is 2.33. The van der Waals surface area contributed by atoms with Gasteiger partial charge in [0.05, 0.1) is 18.3 Å². The lowest BCUT2D eigenvalue weighted by molar-refractivity contribution is 0.0303. The molecule has 98 valence electrons. The fourth-order valence-electron chi connectivity index (χ4n) is 2.96. The van der Waals surface area contributed by atoms with Gasteiger partial charge in [-0.1, -0.05) is 0 Å². The Bertz CT molecular complexity index is 437. The van der Waals surface area contributed by atoms with Crippen molar-refractivity contribution in [2.24, 2.45) is 0 Å². The van der Waals surface area contributed by atoms with E-state index in [4.69, 9.17) is 4.74 Å². The van der Waals surface area contributed by atoms with Crippen molar-refractivity contribution in [1.82, 2.24) is 0 Å². The van der Waals surface area contributed by atoms with Gasteiger partial charge in [0.15, 0.2) is 0 Å². The molecule has 0 aromatic heterocycles. The number of rotatable bonds is 2. The van der Waals surface area contributed by atoms with Gasteiger partial charge in [-0.2, -0.15) is 0 Å². The summed E-state index contributed by atoms with van der Waals surface area (Å²) in [6, 6.07) is 4.65. The van der Waals surface area contributed by atoms with Crippen LogP contribution >= 0.6 is 0 Å². The average molecular weight is 251 g/mol. The van der Waals surface area contributed by atoms with E-state index in [0.29, 0.717) is 5.56 Å². The van der Waals surface area contributed by atoms with Gasteiger partial charge in [0.1, 0.15) is 5.82 Å². The molecule has 0 spiro atoms. The second-order valence-electron chi connectivity index (χ2n) is 5.24. The molecule has 0 radical (unpaired) electrons. The van der Waals surface area contributed by atoms with E-state index >= 15 is 0 Å². The molecule has 3 atom stereocenters. The first kappa shape index (κ1) is 11.9. The van der Waals surface area contributed by atoms with Gasteiger partial charge in [0, 0.05) is 24.3 Å². The van der Waals surface area contributed by atoms with Gasteiger partial charge in [-0.15, -0.1) is 0 Å². The largest absolute Gasteiger partial charge is 0.389 e. The van der Waals surface area contributed by atoms with Gasteiger partial charge in [-0.05, 0) is 38.0 Å². The third-order valence-corrected chi connectivity index (χ3v) is 3.82. The number of benzene rings is 1. The number of hydrogen-bond acceptors (Lipinski definition) is 3. The lowest BCUT2D eigenvalue weighted by Gasteiger charge is -2.35. The maximum absolute atomic E-state index is 13.3. The standard InChI is InChI=1S/C14H18FNO2/c1-9(17)13-6-10(15)2-5-14(13)16-7-11-3-4-12(8-16)18-11/h2,5-6,9,11-12,17H,3-4,7-8H2,1H3/t9-,11?,12?/m0/s1. The van der Waals surface area contributed by atoms with Crippen molar-refractivity contribution < 1.29 is 14.2 Å². The monoisotopic (exact) mass is 251 g/mol. The van der Waals surface area contributed by atoms with Gasteiger partial charge in [0.2, 0.25) is 0 Å². The van der Waals surface area contributed by atoms with E-state index in [1.165, 1.54) is 12.1 Å². The van der Waals surface area contributed by atoms with Gasteiger partial charge in [-0.3, -0.25) is 0 Å². The van der Waals surface area contributed by atoms with E-state index in [-0.39, 0.29) is 18.0 Å². The van der Waals surface area contributed by atoms with E-state index in [1.807, 2.05) is 0 Å². The molecular weight excluding hydrogens is 233 g/mol. The summed E-state index contributed by atoms with van der Waals surface area (Å²) in [5.74, 6) is -0.300. The first-order valence-electron chi connectivity index (χ1n) is 6.51. The normalized spacial score (nSPS) is 28.5. The van der Waals surface area contributed by atoms with Crippen LogP contribution in [0.3, 0.4) is 0 Å². The van der Waals surface area contributed by atoms with Gasteiger partial charge in [0.25, 0.3) is 0 Å². The Balaban J connectivity index is 1.91. The third-order valence-electron chi connectivity index (χ3n) is 3.82. The Kier molecular flexibility index (Phi) is 2.99. The smallest absolute Gasteiger partial charge is 0.123 e. The van der Waals surface area contributed by atoms with Crippen LogP contribution in [0.1, 0.15) is 31.4 Å². The third kappa shape index (κ3) is 2.10. The Hall–Kier alpha value is -1.13. The molecule has 3 rings (SSSR count). The van der Waals surface area contributed by atoms with Crippen molar-refractivity contribution >= 4 is 5.69 Å². The zero-order valence-electron chi connectivity index (χ0n) is 10.5. The van der Waals surface area contributed by atoms with E-state index < -0.39 is 6.10 Å². The van der Waals surface area contributed by atoms with Crippen LogP contribution in [0, 0.1) is 5.82 Å². The molecular formula is C14H18FNO2. The topological polar surface area (TPSA) is 32.7 Å². The second kappa shape index (κ2) is 4.52. The Labute approximate surface area is 106 Å². The van der Waals surface area contributed by atoms with Crippen molar-refractivity contribution in [2.45, 2.75) is 38.1 Å². The highest BCUT2D eigenvalue weighted by atomic mass is 19.1. The van der Waals surface area contributed by atoms with Crippen molar-refractivity contribution in [3.63, 3.8) is 0 Å². The van der Waals surface area contributed by atoms with Crippen LogP contribution in [0.4, 0.5) is 10.1 Å². The summed E-state index contributed by atoms with van der Waals surface area (Å²) in [7, 11) is 0. The summed E-state index contributed by atoms with van der Waals surface area (Å²) in [6.45, 7) is 3.34. The molecule has 4 heteroatoms. The second-order valence-corrected chi connectivity index (χ2v) is 5.24. The molecule has 0 saturated carbocycles. The van der Waals surface area contributed by atoms with Crippen LogP contribution < -0.4 is 4.90 Å². The van der Waals surface area contributed by atoms with Crippen LogP contribution in [-0.2, 0) is 4.74 Å². The molecule has 2 aliphatic heterocycles. The van der Waals surface area contributed by atoms with Crippen molar-refractivity contribution in [3.05, 3.63) is 29.6 Å². The zero-order valence-corrected chi connectivity index (χ0v) is 10.5. The summed E-state index contributed by atoms with van der Waals surface area (Å²) >= 11 is 0. The van der Waals surface area contributed by atoms with E-state index in [9.17, 15) is 9.50 Å². The van der Waals surface area contributed by atoms with Gasteiger partial charge < -0.3 is 14.7 Å². The molecule has 18 heavy (non-hydrogen) atoms. The predicted octanol–water partition coefficient (Wildman–Crippen LogP) is 2.25. The number of aliphatic hydroxyl groups excluding tert-OH is 1. The van der Waals surface area contributed by atoms with Gasteiger partial charge >= 0.3 is 0 Å². The lowest BCUT2D eigenvalue weighted by Crippen LogP contribution is -2.43. The van der Waals surface area contributed by atoms with Crippen LogP contribution in [0.2, 0.25) is 0 Å². The number of hydrogen-bond donors (Lipinski definition) is 1. The molecule has 2 aliphatic rings. The molecule has 0 aliphatic carbocycles. The highest BCUT2D eigenvalue weighted by Gasteiger charge is 2.34. The Morgan fingerprint density at radius 3 is 2.61 bits per heavy atom. The van der Waals surface area contributed by atoms with Crippen molar-refractivity contribution in [2.75, 3.05) is 18.0 Å². The summed E-state index contributed by atoms with van der Waals surface area (Å²) in [4.78, 5) is 2.22. The Morgan fingerprint density at radius 1 is 1.33 bits per heavy atom. The molecule has 1 N–H and O–H groups in total. The molecule has 0 amide bonds. The number of anilines is 1. The summed E-state index contributed by atoms with van der Waals surface area (Å²) < 4.78 is 19.1. The number of morpholine rings is 1. The summed E-state index contributed by atoms with van der Waals surface area (Å²) in [5, 5.41) is 9.78. The fourth-order valence-corrected chi connectivity index (χ4v) is 2.96. The summed E-state index contributed by atoms with van der Waals surface area (Å²) in [5.41, 5.74) is 1.60. The highest BCUT2D eigenvalue weighted by molar-refractivity contribution is 5.55. The first-order valence-corrected chi connectivity index (χ1v) is 6.51. The number of halogens is 1. The molecule has 1 aromatic carbocycles. The molecule has 2 saturated heterocycles. The Morgan fingerprint density at radius 2 is 2.00 bits per heavy atom. The predicted molar refractivity (Wildman–Crippen MR) is 67.1 cm³/mol. The van der Waals surface area contributed by atoms with E-state index in [0.717, 1.165) is 31.6 Å². The molecule has 2 fully saturated rings. The number of aliphatic hydroxyl groups is 1. The molecule has 2 heterocycles. The van der Waals surface area contributed by atoms with Crippen molar-refractivity contribution in [1.29, 1.82) is 0 Å². The van der Waals surface area contributed by atoms with Crippen LogP contribution in [0.25, 0.3) is 0 Å². The van der Waals surface area contributed by atoms with Crippen molar-refractivity contribution in [3.8, 4) is 0 Å². The fraction of sp³-hybridized carbons (Fsp3) is 0.571. The number of ether oxygens (including phenoxy) is 1.